The Kier molecular flexibility index (Phi) is 6.09. The Morgan fingerprint density at radius 3 is 2.08 bits per heavy atom. The number of nitrogens with one attached hydrogen (secondary N) is 1. The number of hydrogen-bond donors (Lipinski definition) is 1. The summed E-state index contributed by atoms with van der Waals surface area (Å²) in [5.41, 5.74) is 2.03. The van der Waals surface area contributed by atoms with Gasteiger partial charge in [0.15, 0.2) is 6.61 Å². The number of rotatable bonds is 4. The van der Waals surface area contributed by atoms with E-state index in [-0.39, 0.29) is 11.0 Å². The van der Waals surface area contributed by atoms with E-state index in [9.17, 15) is 9.59 Å². The first-order valence-corrected chi connectivity index (χ1v) is 8.44. The highest BCUT2D eigenvalue weighted by Crippen LogP contribution is 2.23. The van der Waals surface area contributed by atoms with Crippen molar-refractivity contribution >= 4 is 40.8 Å². The molecule has 1 N–H and O–H groups in total. The summed E-state index contributed by atoms with van der Waals surface area (Å²) in [6.07, 6.45) is 0. The molecule has 0 fully saturated rings. The summed E-state index contributed by atoms with van der Waals surface area (Å²) in [4.78, 5) is 23.9. The van der Waals surface area contributed by atoms with E-state index < -0.39 is 18.5 Å². The average molecular weight is 380 g/mol. The Morgan fingerprint density at radius 2 is 1.56 bits per heavy atom. The maximum absolute atomic E-state index is 11.9. The SMILES string of the molecule is CC(C)(C)c1ccc(NC(=O)COC(=O)c2cc(Cl)cc(Cl)c2)cc1. The Labute approximate surface area is 157 Å². The normalized spacial score (nSPS) is 11.1. The van der Waals surface area contributed by atoms with Crippen molar-refractivity contribution in [3.63, 3.8) is 0 Å². The molecular weight excluding hydrogens is 361 g/mol. The minimum absolute atomic E-state index is 0.0380. The highest BCUT2D eigenvalue weighted by molar-refractivity contribution is 6.35. The van der Waals surface area contributed by atoms with Crippen LogP contribution in [0.15, 0.2) is 42.5 Å². The summed E-state index contributed by atoms with van der Waals surface area (Å²) in [7, 11) is 0. The van der Waals surface area contributed by atoms with Crippen molar-refractivity contribution in [3.05, 3.63) is 63.6 Å². The Hall–Kier alpha value is -2.04. The zero-order valence-corrected chi connectivity index (χ0v) is 15.7. The van der Waals surface area contributed by atoms with Crippen LogP contribution in [0.25, 0.3) is 0 Å². The number of benzene rings is 2. The molecule has 0 atom stereocenters. The second-order valence-electron chi connectivity index (χ2n) is 6.61. The van der Waals surface area contributed by atoms with Crippen LogP contribution in [0.2, 0.25) is 10.0 Å². The number of esters is 1. The molecule has 0 aliphatic heterocycles. The van der Waals surface area contributed by atoms with Gasteiger partial charge in [-0.15, -0.1) is 0 Å². The van der Waals surface area contributed by atoms with E-state index in [4.69, 9.17) is 27.9 Å². The van der Waals surface area contributed by atoms with Crippen LogP contribution in [0, 0.1) is 0 Å². The molecule has 6 heteroatoms. The van der Waals surface area contributed by atoms with Gasteiger partial charge in [0.05, 0.1) is 5.56 Å². The van der Waals surface area contributed by atoms with Crippen molar-refractivity contribution in [2.45, 2.75) is 26.2 Å². The number of anilines is 1. The summed E-state index contributed by atoms with van der Waals surface area (Å²) in [6.45, 7) is 5.94. The van der Waals surface area contributed by atoms with Gasteiger partial charge < -0.3 is 10.1 Å². The molecule has 2 aromatic rings. The van der Waals surface area contributed by atoms with E-state index in [2.05, 4.69) is 26.1 Å². The van der Waals surface area contributed by atoms with Gasteiger partial charge in [0.1, 0.15) is 0 Å². The van der Waals surface area contributed by atoms with E-state index in [0.717, 1.165) is 5.56 Å². The third kappa shape index (κ3) is 5.76. The number of amides is 1. The predicted molar refractivity (Wildman–Crippen MR) is 101 cm³/mol. The lowest BCUT2D eigenvalue weighted by atomic mass is 9.87. The molecule has 0 aliphatic rings. The summed E-state index contributed by atoms with van der Waals surface area (Å²) in [5, 5.41) is 3.33. The molecule has 4 nitrogen and oxygen atoms in total. The molecule has 0 spiro atoms. The van der Waals surface area contributed by atoms with Gasteiger partial charge in [0.25, 0.3) is 5.91 Å². The maximum Gasteiger partial charge on any atom is 0.338 e. The standard InChI is InChI=1S/C19H19Cl2NO3/c1-19(2,3)13-4-6-16(7-5-13)22-17(23)11-25-18(24)12-8-14(20)10-15(21)9-12/h4-10H,11H2,1-3H3,(H,22,23). The summed E-state index contributed by atoms with van der Waals surface area (Å²) in [6, 6.07) is 11.9. The molecule has 1 amide bonds. The Morgan fingerprint density at radius 1 is 1.00 bits per heavy atom. The summed E-state index contributed by atoms with van der Waals surface area (Å²) < 4.78 is 4.98. The second-order valence-corrected chi connectivity index (χ2v) is 7.48. The van der Waals surface area contributed by atoms with Crippen LogP contribution in [-0.4, -0.2) is 18.5 Å². The Balaban J connectivity index is 1.91. The number of carbonyl (C=O) groups is 2. The average Bonchev–Trinajstić information content (AvgIpc) is 2.51. The fourth-order valence-electron chi connectivity index (χ4n) is 2.14. The monoisotopic (exact) mass is 379 g/mol. The highest BCUT2D eigenvalue weighted by Gasteiger charge is 2.14. The third-order valence-electron chi connectivity index (χ3n) is 3.47. The van der Waals surface area contributed by atoms with Crippen molar-refractivity contribution in [1.82, 2.24) is 0 Å². The van der Waals surface area contributed by atoms with E-state index in [0.29, 0.717) is 15.7 Å². The molecular formula is C19H19Cl2NO3. The smallest absolute Gasteiger partial charge is 0.338 e. The first kappa shape index (κ1) is 19.3. The first-order valence-electron chi connectivity index (χ1n) is 7.69. The maximum atomic E-state index is 11.9. The van der Waals surface area contributed by atoms with Crippen LogP contribution in [0.3, 0.4) is 0 Å². The highest BCUT2D eigenvalue weighted by atomic mass is 35.5. The Bertz CT molecular complexity index is 760. The number of ether oxygens (including phenoxy) is 1. The quantitative estimate of drug-likeness (QED) is 0.752. The molecule has 2 rings (SSSR count). The first-order chi connectivity index (χ1) is 11.6. The van der Waals surface area contributed by atoms with Crippen molar-refractivity contribution in [2.75, 3.05) is 11.9 Å². The van der Waals surface area contributed by atoms with Crippen LogP contribution < -0.4 is 5.32 Å². The van der Waals surface area contributed by atoms with Crippen LogP contribution in [0.4, 0.5) is 5.69 Å². The molecule has 0 unspecified atom stereocenters. The molecule has 0 aliphatic carbocycles. The van der Waals surface area contributed by atoms with Gasteiger partial charge in [-0.25, -0.2) is 4.79 Å². The van der Waals surface area contributed by atoms with Gasteiger partial charge in [0.2, 0.25) is 0 Å². The number of halogens is 2. The molecule has 0 bridgehead atoms. The third-order valence-corrected chi connectivity index (χ3v) is 3.90. The molecule has 25 heavy (non-hydrogen) atoms. The minimum atomic E-state index is -0.664. The van der Waals surface area contributed by atoms with Crippen LogP contribution in [0.1, 0.15) is 36.7 Å². The fourth-order valence-corrected chi connectivity index (χ4v) is 2.66. The fraction of sp³-hybridized carbons (Fsp3) is 0.263. The van der Waals surface area contributed by atoms with Gasteiger partial charge in [0, 0.05) is 15.7 Å². The van der Waals surface area contributed by atoms with Crippen molar-refractivity contribution in [3.8, 4) is 0 Å². The number of hydrogen-bond acceptors (Lipinski definition) is 3. The summed E-state index contributed by atoms with van der Waals surface area (Å²) in [5.74, 6) is -1.09. The lowest BCUT2D eigenvalue weighted by Crippen LogP contribution is -2.21. The van der Waals surface area contributed by atoms with Gasteiger partial charge in [-0.3, -0.25) is 4.79 Å². The van der Waals surface area contributed by atoms with E-state index >= 15 is 0 Å². The topological polar surface area (TPSA) is 55.4 Å². The van der Waals surface area contributed by atoms with Crippen molar-refractivity contribution < 1.29 is 14.3 Å². The molecule has 0 radical (unpaired) electrons. The van der Waals surface area contributed by atoms with Gasteiger partial charge in [-0.1, -0.05) is 56.1 Å². The van der Waals surface area contributed by atoms with E-state index in [1.807, 2.05) is 24.3 Å². The largest absolute Gasteiger partial charge is 0.452 e. The molecule has 0 heterocycles. The molecule has 0 aromatic heterocycles. The van der Waals surface area contributed by atoms with Gasteiger partial charge >= 0.3 is 5.97 Å². The van der Waals surface area contributed by atoms with Crippen LogP contribution in [0.5, 0.6) is 0 Å². The second kappa shape index (κ2) is 7.89. The number of carbonyl (C=O) groups excluding carboxylic acids is 2. The van der Waals surface area contributed by atoms with Crippen LogP contribution in [-0.2, 0) is 14.9 Å². The predicted octanol–water partition coefficient (Wildman–Crippen LogP) is 5.09. The zero-order chi connectivity index (χ0) is 18.6. The van der Waals surface area contributed by atoms with Gasteiger partial charge in [-0.05, 0) is 41.3 Å². The van der Waals surface area contributed by atoms with Crippen molar-refractivity contribution in [2.24, 2.45) is 0 Å². The van der Waals surface area contributed by atoms with Crippen LogP contribution >= 0.6 is 23.2 Å². The molecule has 0 saturated heterocycles. The van der Waals surface area contributed by atoms with E-state index in [1.54, 1.807) is 0 Å². The molecule has 2 aromatic carbocycles. The van der Waals surface area contributed by atoms with E-state index in [1.165, 1.54) is 18.2 Å². The molecule has 132 valence electrons. The lowest BCUT2D eigenvalue weighted by molar-refractivity contribution is -0.119. The minimum Gasteiger partial charge on any atom is -0.452 e. The van der Waals surface area contributed by atoms with Crippen molar-refractivity contribution in [1.29, 1.82) is 0 Å². The summed E-state index contributed by atoms with van der Waals surface area (Å²) >= 11 is 11.7. The zero-order valence-electron chi connectivity index (χ0n) is 14.2. The lowest BCUT2D eigenvalue weighted by Gasteiger charge is -2.19. The molecule has 0 saturated carbocycles. The van der Waals surface area contributed by atoms with Gasteiger partial charge in [-0.2, -0.15) is 0 Å².